The van der Waals surface area contributed by atoms with Crippen LogP contribution in [-0.2, 0) is 0 Å². The molecule has 1 aromatic carbocycles. The molecule has 0 aliphatic heterocycles. The summed E-state index contributed by atoms with van der Waals surface area (Å²) in [7, 11) is 1.66. The van der Waals surface area contributed by atoms with Gasteiger partial charge in [-0.15, -0.1) is 0 Å². The second kappa shape index (κ2) is 7.17. The van der Waals surface area contributed by atoms with E-state index in [-0.39, 0.29) is 6.10 Å². The SMILES string of the molecule is CCC[C@H](C[C@@H](C)O)Nc1ccc(OC)cc1. The lowest BCUT2D eigenvalue weighted by atomic mass is 10.0. The van der Waals surface area contributed by atoms with Crippen molar-refractivity contribution in [3.63, 3.8) is 0 Å². The van der Waals surface area contributed by atoms with Crippen molar-refractivity contribution < 1.29 is 9.84 Å². The molecule has 0 aromatic heterocycles. The zero-order chi connectivity index (χ0) is 12.7. The van der Waals surface area contributed by atoms with Gasteiger partial charge in [-0.25, -0.2) is 0 Å². The minimum Gasteiger partial charge on any atom is -0.497 e. The first-order valence-electron chi connectivity index (χ1n) is 6.24. The standard InChI is InChI=1S/C14H23NO2/c1-4-5-13(10-11(2)16)15-12-6-8-14(17-3)9-7-12/h6-9,11,13,15-16H,4-5,10H2,1-3H3/t11-,13-/m1/s1. The number of aliphatic hydroxyl groups excluding tert-OH is 1. The number of benzene rings is 1. The Labute approximate surface area is 104 Å². The molecule has 0 aliphatic carbocycles. The number of hydrogen-bond acceptors (Lipinski definition) is 3. The zero-order valence-electron chi connectivity index (χ0n) is 10.9. The van der Waals surface area contributed by atoms with E-state index < -0.39 is 0 Å². The van der Waals surface area contributed by atoms with Crippen LogP contribution in [-0.4, -0.2) is 24.4 Å². The van der Waals surface area contributed by atoms with Crippen molar-refractivity contribution in [3.8, 4) is 5.75 Å². The molecule has 2 N–H and O–H groups in total. The summed E-state index contributed by atoms with van der Waals surface area (Å²) in [6.07, 6.45) is 2.69. The van der Waals surface area contributed by atoms with Crippen LogP contribution in [0.5, 0.6) is 5.75 Å². The first-order chi connectivity index (χ1) is 8.15. The molecule has 0 spiro atoms. The summed E-state index contributed by atoms with van der Waals surface area (Å²) in [4.78, 5) is 0. The van der Waals surface area contributed by atoms with E-state index in [2.05, 4.69) is 12.2 Å². The fourth-order valence-electron chi connectivity index (χ4n) is 1.93. The van der Waals surface area contributed by atoms with E-state index in [9.17, 15) is 5.11 Å². The Morgan fingerprint density at radius 2 is 1.94 bits per heavy atom. The monoisotopic (exact) mass is 237 g/mol. The lowest BCUT2D eigenvalue weighted by Crippen LogP contribution is -2.23. The molecule has 0 amide bonds. The van der Waals surface area contributed by atoms with Crippen molar-refractivity contribution in [2.45, 2.75) is 45.3 Å². The molecule has 2 atom stereocenters. The summed E-state index contributed by atoms with van der Waals surface area (Å²) in [6, 6.07) is 8.21. The predicted octanol–water partition coefficient (Wildman–Crippen LogP) is 3.05. The van der Waals surface area contributed by atoms with Gasteiger partial charge in [0.25, 0.3) is 0 Å². The minimum atomic E-state index is -0.266. The summed E-state index contributed by atoms with van der Waals surface area (Å²) < 4.78 is 5.12. The van der Waals surface area contributed by atoms with Crippen molar-refractivity contribution in [1.82, 2.24) is 0 Å². The van der Waals surface area contributed by atoms with Crippen LogP contribution in [0.3, 0.4) is 0 Å². The van der Waals surface area contributed by atoms with Gasteiger partial charge in [-0.05, 0) is 44.0 Å². The summed E-state index contributed by atoms with van der Waals surface area (Å²) in [5, 5.41) is 12.9. The Morgan fingerprint density at radius 3 is 2.41 bits per heavy atom. The summed E-state index contributed by atoms with van der Waals surface area (Å²) >= 11 is 0. The van der Waals surface area contributed by atoms with Gasteiger partial charge in [0, 0.05) is 11.7 Å². The number of methoxy groups -OCH3 is 1. The fraction of sp³-hybridized carbons (Fsp3) is 0.571. The highest BCUT2D eigenvalue weighted by molar-refractivity contribution is 5.47. The van der Waals surface area contributed by atoms with Crippen LogP contribution >= 0.6 is 0 Å². The summed E-state index contributed by atoms with van der Waals surface area (Å²) in [5.74, 6) is 0.859. The molecule has 0 bridgehead atoms. The van der Waals surface area contributed by atoms with Gasteiger partial charge in [-0.3, -0.25) is 0 Å². The van der Waals surface area contributed by atoms with E-state index in [0.717, 1.165) is 30.7 Å². The Hall–Kier alpha value is -1.22. The molecule has 0 unspecified atom stereocenters. The quantitative estimate of drug-likeness (QED) is 0.766. The molecule has 96 valence electrons. The molecular formula is C14H23NO2. The second-order valence-electron chi connectivity index (χ2n) is 4.44. The summed E-state index contributed by atoms with van der Waals surface area (Å²) in [6.45, 7) is 3.99. The molecule has 3 nitrogen and oxygen atoms in total. The van der Waals surface area contributed by atoms with E-state index in [1.54, 1.807) is 7.11 Å². The molecule has 0 saturated heterocycles. The maximum atomic E-state index is 9.45. The molecule has 17 heavy (non-hydrogen) atoms. The van der Waals surface area contributed by atoms with Crippen molar-refractivity contribution >= 4 is 5.69 Å². The van der Waals surface area contributed by atoms with Crippen molar-refractivity contribution in [2.75, 3.05) is 12.4 Å². The van der Waals surface area contributed by atoms with Gasteiger partial charge in [0.15, 0.2) is 0 Å². The van der Waals surface area contributed by atoms with E-state index in [1.807, 2.05) is 31.2 Å². The number of hydrogen-bond donors (Lipinski definition) is 2. The van der Waals surface area contributed by atoms with Gasteiger partial charge in [0.1, 0.15) is 5.75 Å². The molecule has 0 aliphatic rings. The summed E-state index contributed by atoms with van der Waals surface area (Å²) in [5.41, 5.74) is 1.07. The topological polar surface area (TPSA) is 41.5 Å². The predicted molar refractivity (Wildman–Crippen MR) is 71.6 cm³/mol. The maximum Gasteiger partial charge on any atom is 0.119 e. The van der Waals surface area contributed by atoms with Crippen LogP contribution in [0.2, 0.25) is 0 Å². The molecule has 0 fully saturated rings. The lowest BCUT2D eigenvalue weighted by molar-refractivity contribution is 0.176. The van der Waals surface area contributed by atoms with Crippen molar-refractivity contribution in [2.24, 2.45) is 0 Å². The van der Waals surface area contributed by atoms with Gasteiger partial charge in [-0.2, -0.15) is 0 Å². The Balaban J connectivity index is 2.58. The third-order valence-electron chi connectivity index (χ3n) is 2.72. The Morgan fingerprint density at radius 1 is 1.29 bits per heavy atom. The zero-order valence-corrected chi connectivity index (χ0v) is 10.9. The number of nitrogens with one attached hydrogen (secondary N) is 1. The van der Waals surface area contributed by atoms with Gasteiger partial charge in [0.2, 0.25) is 0 Å². The Bertz CT molecular complexity index is 309. The smallest absolute Gasteiger partial charge is 0.119 e. The van der Waals surface area contributed by atoms with E-state index in [0.29, 0.717) is 6.04 Å². The van der Waals surface area contributed by atoms with Crippen LogP contribution in [0.1, 0.15) is 33.1 Å². The first-order valence-corrected chi connectivity index (χ1v) is 6.24. The van der Waals surface area contributed by atoms with Crippen LogP contribution < -0.4 is 10.1 Å². The molecule has 0 heterocycles. The van der Waals surface area contributed by atoms with Gasteiger partial charge >= 0.3 is 0 Å². The van der Waals surface area contributed by atoms with E-state index in [4.69, 9.17) is 4.74 Å². The van der Waals surface area contributed by atoms with Gasteiger partial charge in [-0.1, -0.05) is 13.3 Å². The molecule has 1 aromatic rings. The third kappa shape index (κ3) is 5.09. The number of aliphatic hydroxyl groups is 1. The number of rotatable bonds is 7. The number of ether oxygens (including phenoxy) is 1. The maximum absolute atomic E-state index is 9.45. The highest BCUT2D eigenvalue weighted by Gasteiger charge is 2.10. The third-order valence-corrected chi connectivity index (χ3v) is 2.72. The van der Waals surface area contributed by atoms with E-state index >= 15 is 0 Å². The minimum absolute atomic E-state index is 0.266. The van der Waals surface area contributed by atoms with Crippen molar-refractivity contribution in [1.29, 1.82) is 0 Å². The van der Waals surface area contributed by atoms with Crippen molar-refractivity contribution in [3.05, 3.63) is 24.3 Å². The highest BCUT2D eigenvalue weighted by atomic mass is 16.5. The largest absolute Gasteiger partial charge is 0.497 e. The molecular weight excluding hydrogens is 214 g/mol. The van der Waals surface area contributed by atoms with Crippen LogP contribution in [0, 0.1) is 0 Å². The molecule has 3 heteroatoms. The van der Waals surface area contributed by atoms with Gasteiger partial charge < -0.3 is 15.2 Å². The average Bonchev–Trinajstić information content (AvgIpc) is 2.29. The Kier molecular flexibility index (Phi) is 5.84. The average molecular weight is 237 g/mol. The lowest BCUT2D eigenvalue weighted by Gasteiger charge is -2.20. The van der Waals surface area contributed by atoms with Gasteiger partial charge in [0.05, 0.1) is 13.2 Å². The second-order valence-corrected chi connectivity index (χ2v) is 4.44. The van der Waals surface area contributed by atoms with E-state index in [1.165, 1.54) is 0 Å². The highest BCUT2D eigenvalue weighted by Crippen LogP contribution is 2.18. The normalized spacial score (nSPS) is 14.1. The van der Waals surface area contributed by atoms with Crippen LogP contribution in [0.25, 0.3) is 0 Å². The number of anilines is 1. The first kappa shape index (κ1) is 13.8. The molecule has 0 saturated carbocycles. The molecule has 0 radical (unpaired) electrons. The van der Waals surface area contributed by atoms with Crippen LogP contribution in [0.15, 0.2) is 24.3 Å². The molecule has 1 rings (SSSR count). The fourth-order valence-corrected chi connectivity index (χ4v) is 1.93. The van der Waals surface area contributed by atoms with Crippen LogP contribution in [0.4, 0.5) is 5.69 Å².